The number of nitrogens with zero attached hydrogens (tertiary/aromatic N) is 3. The van der Waals surface area contributed by atoms with Gasteiger partial charge in [-0.1, -0.05) is 13.8 Å². The molecule has 0 spiro atoms. The predicted molar refractivity (Wildman–Crippen MR) is 98.8 cm³/mol. The van der Waals surface area contributed by atoms with Gasteiger partial charge in [0.1, 0.15) is 0 Å². The third kappa shape index (κ3) is 4.38. The van der Waals surface area contributed by atoms with E-state index < -0.39 is 7.59 Å². The minimum absolute atomic E-state index is 0.0716. The molecule has 0 saturated carbocycles. The number of rotatable bonds is 10. The van der Waals surface area contributed by atoms with Gasteiger partial charge in [-0.15, -0.1) is 0 Å². The molecule has 0 bridgehead atoms. The van der Waals surface area contributed by atoms with Gasteiger partial charge < -0.3 is 4.90 Å². The lowest BCUT2D eigenvalue weighted by Gasteiger charge is -2.29. The van der Waals surface area contributed by atoms with Crippen LogP contribution >= 0.6 is 7.59 Å². The molecule has 2 aliphatic heterocycles. The molecular formula is C17H37N4OP. The van der Waals surface area contributed by atoms with E-state index in [2.05, 4.69) is 67.8 Å². The zero-order valence-electron chi connectivity index (χ0n) is 16.2. The molecule has 136 valence electrons. The van der Waals surface area contributed by atoms with Crippen molar-refractivity contribution in [1.82, 2.24) is 19.3 Å². The lowest BCUT2D eigenvalue weighted by atomic mass is 10.2. The second-order valence-corrected chi connectivity index (χ2v) is 10.8. The van der Waals surface area contributed by atoms with Crippen molar-refractivity contribution in [2.24, 2.45) is 0 Å². The molecule has 0 aliphatic carbocycles. The van der Waals surface area contributed by atoms with E-state index >= 15 is 0 Å². The average molecular weight is 344 g/mol. The smallest absolute Gasteiger partial charge is 0.285 e. The van der Waals surface area contributed by atoms with Crippen LogP contribution in [-0.2, 0) is 4.57 Å². The van der Waals surface area contributed by atoms with Crippen LogP contribution in [-0.4, -0.2) is 64.1 Å². The van der Waals surface area contributed by atoms with Crippen LogP contribution in [0, 0.1) is 0 Å². The van der Waals surface area contributed by atoms with Gasteiger partial charge in [-0.2, -0.15) is 0 Å². The normalized spacial score (nSPS) is 31.7. The Kier molecular flexibility index (Phi) is 5.70. The SMILES string of the molecule is CCN(CC)CCCC(C)NP(=O)(N1CC1(C)C)N1CC1(C)C. The summed E-state index contributed by atoms with van der Waals surface area (Å²) in [5, 5.41) is 3.53. The zero-order chi connectivity index (χ0) is 17.5. The van der Waals surface area contributed by atoms with Gasteiger partial charge in [-0.05, 0) is 67.1 Å². The Hall–Kier alpha value is 0.0700. The van der Waals surface area contributed by atoms with Crippen LogP contribution in [0.5, 0.6) is 0 Å². The van der Waals surface area contributed by atoms with E-state index in [1.165, 1.54) is 0 Å². The molecule has 0 aromatic rings. The second kappa shape index (κ2) is 6.76. The first-order chi connectivity index (χ1) is 10.6. The standard InChI is InChI=1S/C17H37N4OP/c1-8-19(9-2)12-10-11-15(3)18-23(22,20-13-16(20,4)5)21-14-17(21,6)7/h15H,8-14H2,1-7H3,(H,18,22). The Bertz CT molecular complexity index is 436. The molecule has 3 unspecified atom stereocenters. The Morgan fingerprint density at radius 3 is 1.87 bits per heavy atom. The molecule has 2 fully saturated rings. The molecule has 6 heteroatoms. The first kappa shape index (κ1) is 19.4. The van der Waals surface area contributed by atoms with Crippen molar-refractivity contribution in [1.29, 1.82) is 0 Å². The topological polar surface area (TPSA) is 38.4 Å². The summed E-state index contributed by atoms with van der Waals surface area (Å²) in [6.45, 7) is 20.6. The highest BCUT2D eigenvalue weighted by atomic mass is 31.2. The molecule has 1 N–H and O–H groups in total. The molecule has 2 rings (SSSR count). The Morgan fingerprint density at radius 1 is 1.09 bits per heavy atom. The van der Waals surface area contributed by atoms with Crippen LogP contribution in [0.4, 0.5) is 0 Å². The fourth-order valence-electron chi connectivity index (χ4n) is 3.37. The second-order valence-electron chi connectivity index (χ2n) is 8.48. The lowest BCUT2D eigenvalue weighted by Crippen LogP contribution is -2.33. The van der Waals surface area contributed by atoms with Crippen LogP contribution in [0.2, 0.25) is 0 Å². The van der Waals surface area contributed by atoms with E-state index in [1.807, 2.05) is 0 Å². The van der Waals surface area contributed by atoms with Crippen LogP contribution in [0.25, 0.3) is 0 Å². The third-order valence-corrected chi connectivity index (χ3v) is 8.76. The summed E-state index contributed by atoms with van der Waals surface area (Å²) < 4.78 is 18.1. The van der Waals surface area contributed by atoms with Crippen molar-refractivity contribution in [2.75, 3.05) is 32.7 Å². The van der Waals surface area contributed by atoms with Gasteiger partial charge in [0, 0.05) is 30.2 Å². The van der Waals surface area contributed by atoms with Crippen molar-refractivity contribution in [3.8, 4) is 0 Å². The van der Waals surface area contributed by atoms with Gasteiger partial charge in [-0.3, -0.25) is 4.57 Å². The Balaban J connectivity index is 1.90. The largest absolute Gasteiger partial charge is 0.304 e. The van der Waals surface area contributed by atoms with Gasteiger partial charge in [-0.25, -0.2) is 14.4 Å². The summed E-state index contributed by atoms with van der Waals surface area (Å²) >= 11 is 0. The van der Waals surface area contributed by atoms with Gasteiger partial charge in [0.05, 0.1) is 0 Å². The van der Waals surface area contributed by atoms with E-state index in [0.717, 1.165) is 45.6 Å². The molecule has 0 amide bonds. The van der Waals surface area contributed by atoms with E-state index in [9.17, 15) is 4.57 Å². The highest BCUT2D eigenvalue weighted by Gasteiger charge is 2.64. The maximum atomic E-state index is 13.7. The van der Waals surface area contributed by atoms with E-state index in [0.29, 0.717) is 0 Å². The van der Waals surface area contributed by atoms with Gasteiger partial charge >= 0.3 is 0 Å². The maximum Gasteiger partial charge on any atom is 0.285 e. The maximum absolute atomic E-state index is 13.7. The molecule has 2 heterocycles. The molecule has 0 aromatic carbocycles. The van der Waals surface area contributed by atoms with E-state index in [4.69, 9.17) is 0 Å². The highest BCUT2D eigenvalue weighted by molar-refractivity contribution is 7.57. The first-order valence-electron chi connectivity index (χ1n) is 9.23. The minimum atomic E-state index is -2.61. The van der Waals surface area contributed by atoms with Crippen molar-refractivity contribution in [3.05, 3.63) is 0 Å². The molecule has 2 aliphatic rings. The molecule has 0 aromatic heterocycles. The molecule has 2 saturated heterocycles. The van der Waals surface area contributed by atoms with Crippen LogP contribution in [0.15, 0.2) is 0 Å². The molecule has 23 heavy (non-hydrogen) atoms. The summed E-state index contributed by atoms with van der Waals surface area (Å²) in [5.41, 5.74) is 0.143. The van der Waals surface area contributed by atoms with Gasteiger partial charge in [0.15, 0.2) is 0 Å². The van der Waals surface area contributed by atoms with Gasteiger partial charge in [0.2, 0.25) is 0 Å². The van der Waals surface area contributed by atoms with Crippen LogP contribution in [0.1, 0.15) is 61.3 Å². The number of hydrogen-bond donors (Lipinski definition) is 1. The summed E-state index contributed by atoms with van der Waals surface area (Å²) in [4.78, 5) is 2.45. The average Bonchev–Trinajstić information content (AvgIpc) is 3.30. The molecule has 0 radical (unpaired) electrons. The Morgan fingerprint density at radius 2 is 1.52 bits per heavy atom. The highest BCUT2D eigenvalue weighted by Crippen LogP contribution is 2.67. The monoisotopic (exact) mass is 344 g/mol. The summed E-state index contributed by atoms with van der Waals surface area (Å²) in [6.07, 6.45) is 2.23. The quantitative estimate of drug-likeness (QED) is 0.486. The first-order valence-corrected chi connectivity index (χ1v) is 10.8. The molecule has 5 nitrogen and oxygen atoms in total. The van der Waals surface area contributed by atoms with E-state index in [-0.39, 0.29) is 17.1 Å². The van der Waals surface area contributed by atoms with E-state index in [1.54, 1.807) is 0 Å². The summed E-state index contributed by atoms with van der Waals surface area (Å²) in [6, 6.07) is 0.282. The van der Waals surface area contributed by atoms with Crippen molar-refractivity contribution in [2.45, 2.75) is 78.4 Å². The Labute approximate surface area is 143 Å². The third-order valence-electron chi connectivity index (χ3n) is 5.31. The van der Waals surface area contributed by atoms with Crippen molar-refractivity contribution in [3.63, 3.8) is 0 Å². The lowest BCUT2D eigenvalue weighted by molar-refractivity contribution is 0.292. The van der Waals surface area contributed by atoms with Crippen molar-refractivity contribution >= 4 is 7.59 Å². The zero-order valence-corrected chi connectivity index (χ0v) is 17.1. The molecule has 3 atom stereocenters. The van der Waals surface area contributed by atoms with Crippen molar-refractivity contribution < 1.29 is 4.57 Å². The predicted octanol–water partition coefficient (Wildman–Crippen LogP) is 3.38. The molecular weight excluding hydrogens is 307 g/mol. The van der Waals surface area contributed by atoms with Crippen LogP contribution < -0.4 is 5.09 Å². The number of nitrogens with one attached hydrogen (secondary N) is 1. The fourth-order valence-corrected chi connectivity index (χ4v) is 7.16. The van der Waals surface area contributed by atoms with Crippen LogP contribution in [0.3, 0.4) is 0 Å². The van der Waals surface area contributed by atoms with Gasteiger partial charge in [0.25, 0.3) is 7.59 Å². The number of hydrogen-bond acceptors (Lipinski definition) is 2. The minimum Gasteiger partial charge on any atom is -0.304 e. The fraction of sp³-hybridized carbons (Fsp3) is 1.00. The summed E-state index contributed by atoms with van der Waals surface area (Å²) in [7, 11) is -2.61. The summed E-state index contributed by atoms with van der Waals surface area (Å²) in [5.74, 6) is 0.